The molecule has 0 spiro atoms. The van der Waals surface area contributed by atoms with Crippen LogP contribution in [0.25, 0.3) is 11.3 Å². The van der Waals surface area contributed by atoms with Gasteiger partial charge in [-0.25, -0.2) is 4.98 Å². The van der Waals surface area contributed by atoms with Crippen LogP contribution in [0.1, 0.15) is 0 Å². The van der Waals surface area contributed by atoms with Crippen molar-refractivity contribution in [2.75, 3.05) is 12.8 Å². The summed E-state index contributed by atoms with van der Waals surface area (Å²) < 4.78 is 5.21. The van der Waals surface area contributed by atoms with Gasteiger partial charge in [0.15, 0.2) is 0 Å². The molecule has 2 N–H and O–H groups in total. The lowest BCUT2D eigenvalue weighted by Gasteiger charge is -2.10. The third-order valence-corrected chi connectivity index (χ3v) is 2.56. The number of nitrogen functional groups attached to an aromatic ring is 1. The van der Waals surface area contributed by atoms with Crippen molar-refractivity contribution in [1.29, 1.82) is 0 Å². The number of anilines is 1. The fourth-order valence-electron chi connectivity index (χ4n) is 1.41. The molecule has 0 saturated carbocycles. The van der Waals surface area contributed by atoms with Gasteiger partial charge in [-0.2, -0.15) is 5.10 Å². The third kappa shape index (κ3) is 2.40. The monoisotopic (exact) mass is 270 g/mol. The molecule has 0 atom stereocenters. The first-order chi connectivity index (χ1) is 8.11. The Bertz CT molecular complexity index is 562. The Labute approximate surface area is 108 Å². The van der Waals surface area contributed by atoms with Crippen molar-refractivity contribution < 1.29 is 4.74 Å². The normalized spacial score (nSPS) is 10.3. The quantitative estimate of drug-likeness (QED) is 0.907. The van der Waals surface area contributed by atoms with Crippen molar-refractivity contribution >= 4 is 29.2 Å². The summed E-state index contributed by atoms with van der Waals surface area (Å²) >= 11 is 12.0. The van der Waals surface area contributed by atoms with E-state index in [1.165, 1.54) is 13.3 Å². The number of benzene rings is 1. The van der Waals surface area contributed by atoms with Crippen molar-refractivity contribution in [3.63, 3.8) is 0 Å². The van der Waals surface area contributed by atoms with Crippen molar-refractivity contribution in [3.05, 3.63) is 28.4 Å². The third-order valence-electron chi connectivity index (χ3n) is 2.06. The highest BCUT2D eigenvalue weighted by Crippen LogP contribution is 2.37. The van der Waals surface area contributed by atoms with Gasteiger partial charge in [-0.1, -0.05) is 23.2 Å². The second-order valence-corrected chi connectivity index (χ2v) is 4.01. The summed E-state index contributed by atoms with van der Waals surface area (Å²) in [5.74, 6) is 0.539. The van der Waals surface area contributed by atoms with Crippen LogP contribution >= 0.6 is 23.2 Å². The zero-order chi connectivity index (χ0) is 12.4. The van der Waals surface area contributed by atoms with Crippen LogP contribution in [0, 0.1) is 0 Å². The molecule has 1 heterocycles. The topological polar surface area (TPSA) is 73.9 Å². The van der Waals surface area contributed by atoms with Crippen molar-refractivity contribution in [1.82, 2.24) is 15.2 Å². The number of ether oxygens (including phenoxy) is 1. The van der Waals surface area contributed by atoms with Gasteiger partial charge < -0.3 is 10.5 Å². The Balaban J connectivity index is 2.65. The minimum absolute atomic E-state index is 0.0700. The highest BCUT2D eigenvalue weighted by Gasteiger charge is 2.13. The minimum atomic E-state index is 0.0700. The van der Waals surface area contributed by atoms with Crippen LogP contribution in [-0.4, -0.2) is 22.3 Å². The van der Waals surface area contributed by atoms with E-state index < -0.39 is 0 Å². The highest BCUT2D eigenvalue weighted by molar-refractivity contribution is 6.36. The fraction of sp³-hybridized carbons (Fsp3) is 0.100. The second-order valence-electron chi connectivity index (χ2n) is 3.17. The van der Waals surface area contributed by atoms with Crippen LogP contribution in [0.5, 0.6) is 5.75 Å². The number of hydrogen-bond acceptors (Lipinski definition) is 5. The van der Waals surface area contributed by atoms with Gasteiger partial charge in [0, 0.05) is 10.6 Å². The number of hydrogen-bond donors (Lipinski definition) is 1. The lowest BCUT2D eigenvalue weighted by atomic mass is 10.1. The molecule has 2 rings (SSSR count). The van der Waals surface area contributed by atoms with Gasteiger partial charge in [0.1, 0.15) is 5.75 Å². The van der Waals surface area contributed by atoms with Crippen LogP contribution < -0.4 is 10.5 Å². The zero-order valence-electron chi connectivity index (χ0n) is 8.82. The van der Waals surface area contributed by atoms with E-state index in [1.54, 1.807) is 12.1 Å². The van der Waals surface area contributed by atoms with Crippen LogP contribution in [0.15, 0.2) is 18.3 Å². The van der Waals surface area contributed by atoms with Gasteiger partial charge in [0.05, 0.1) is 24.0 Å². The average molecular weight is 271 g/mol. The molecule has 1 aromatic carbocycles. The summed E-state index contributed by atoms with van der Waals surface area (Å²) in [5, 5.41) is 8.16. The summed E-state index contributed by atoms with van der Waals surface area (Å²) in [6, 6.07) is 3.26. The zero-order valence-corrected chi connectivity index (χ0v) is 10.3. The Hall–Kier alpha value is -1.59. The smallest absolute Gasteiger partial charge is 0.240 e. The van der Waals surface area contributed by atoms with Crippen LogP contribution in [0.4, 0.5) is 5.95 Å². The molecule has 88 valence electrons. The summed E-state index contributed by atoms with van der Waals surface area (Å²) in [7, 11) is 1.51. The van der Waals surface area contributed by atoms with E-state index in [9.17, 15) is 0 Å². The van der Waals surface area contributed by atoms with Gasteiger partial charge in [0.2, 0.25) is 5.95 Å². The molecule has 0 amide bonds. The molecule has 0 fully saturated rings. The first-order valence-electron chi connectivity index (χ1n) is 4.60. The molecule has 7 heteroatoms. The molecule has 2 aromatic rings. The fourth-order valence-corrected chi connectivity index (χ4v) is 1.98. The van der Waals surface area contributed by atoms with Crippen LogP contribution in [0.2, 0.25) is 10.0 Å². The van der Waals surface area contributed by atoms with Crippen LogP contribution in [-0.2, 0) is 0 Å². The molecular weight excluding hydrogens is 263 g/mol. The van der Waals surface area contributed by atoms with E-state index in [1.807, 2.05) is 0 Å². The Morgan fingerprint density at radius 2 is 2.06 bits per heavy atom. The molecule has 17 heavy (non-hydrogen) atoms. The summed E-state index contributed by atoms with van der Waals surface area (Å²) in [6.07, 6.45) is 1.46. The highest BCUT2D eigenvalue weighted by atomic mass is 35.5. The number of methoxy groups -OCH3 is 1. The molecule has 0 radical (unpaired) electrons. The number of rotatable bonds is 2. The first kappa shape index (κ1) is 11.9. The molecule has 0 saturated heterocycles. The Kier molecular flexibility index (Phi) is 3.31. The maximum absolute atomic E-state index is 6.02. The summed E-state index contributed by atoms with van der Waals surface area (Å²) in [5.41, 5.74) is 6.59. The van der Waals surface area contributed by atoms with E-state index >= 15 is 0 Å². The Morgan fingerprint density at radius 1 is 1.29 bits per heavy atom. The largest absolute Gasteiger partial charge is 0.494 e. The first-order valence-corrected chi connectivity index (χ1v) is 5.36. The van der Waals surface area contributed by atoms with Crippen molar-refractivity contribution in [3.8, 4) is 17.0 Å². The van der Waals surface area contributed by atoms with Crippen LogP contribution in [0.3, 0.4) is 0 Å². The predicted octanol–water partition coefficient (Wildman–Crippen LogP) is 2.44. The standard InChI is InChI=1S/C10H8Cl2N4O/c1-17-9-6(2-5(11)3-7(9)12)8-4-14-16-10(13)15-8/h2-4H,1H3,(H2,13,15,16). The maximum atomic E-state index is 6.02. The average Bonchev–Trinajstić information content (AvgIpc) is 2.28. The number of nitrogens with zero attached hydrogens (tertiary/aromatic N) is 3. The number of halogens is 2. The molecule has 5 nitrogen and oxygen atoms in total. The van der Waals surface area contributed by atoms with E-state index in [2.05, 4.69) is 15.2 Å². The van der Waals surface area contributed by atoms with Gasteiger partial charge in [-0.05, 0) is 12.1 Å². The maximum Gasteiger partial charge on any atom is 0.240 e. The molecule has 0 aliphatic rings. The van der Waals surface area contributed by atoms with E-state index in [4.69, 9.17) is 33.7 Å². The molecule has 0 aliphatic heterocycles. The lowest BCUT2D eigenvalue weighted by molar-refractivity contribution is 0.416. The number of aromatic nitrogens is 3. The van der Waals surface area contributed by atoms with E-state index in [0.717, 1.165) is 0 Å². The SMILES string of the molecule is COc1c(Cl)cc(Cl)cc1-c1cnnc(N)n1. The predicted molar refractivity (Wildman–Crippen MR) is 66.2 cm³/mol. The molecule has 0 aliphatic carbocycles. The molecule has 1 aromatic heterocycles. The molecule has 0 unspecified atom stereocenters. The molecule has 0 bridgehead atoms. The van der Waals surface area contributed by atoms with Gasteiger partial charge in [-0.3, -0.25) is 0 Å². The summed E-state index contributed by atoms with van der Waals surface area (Å²) in [6.45, 7) is 0. The van der Waals surface area contributed by atoms with Gasteiger partial charge >= 0.3 is 0 Å². The van der Waals surface area contributed by atoms with Crippen molar-refractivity contribution in [2.45, 2.75) is 0 Å². The lowest BCUT2D eigenvalue weighted by Crippen LogP contribution is -1.99. The summed E-state index contributed by atoms with van der Waals surface area (Å²) in [4.78, 5) is 4.04. The van der Waals surface area contributed by atoms with Crippen molar-refractivity contribution in [2.24, 2.45) is 0 Å². The minimum Gasteiger partial charge on any atom is -0.494 e. The van der Waals surface area contributed by atoms with Gasteiger partial charge in [0.25, 0.3) is 0 Å². The second kappa shape index (κ2) is 4.73. The van der Waals surface area contributed by atoms with E-state index in [-0.39, 0.29) is 5.95 Å². The van der Waals surface area contributed by atoms with E-state index in [0.29, 0.717) is 27.1 Å². The number of nitrogens with two attached hydrogens (primary N) is 1. The molecular formula is C10H8Cl2N4O. The Morgan fingerprint density at radius 3 is 2.71 bits per heavy atom. The van der Waals surface area contributed by atoms with Gasteiger partial charge in [-0.15, -0.1) is 5.10 Å².